The van der Waals surface area contributed by atoms with Crippen LogP contribution in [0.25, 0.3) is 0 Å². The summed E-state index contributed by atoms with van der Waals surface area (Å²) in [5, 5.41) is 5.90. The number of nitrogens with one attached hydrogen (secondary N) is 2. The third-order valence-electron chi connectivity index (χ3n) is 3.83. The molecule has 0 aliphatic carbocycles. The number of hydrogen-bond acceptors (Lipinski definition) is 5. The Balaban J connectivity index is 2.03. The lowest BCUT2D eigenvalue weighted by Gasteiger charge is -2.41. The van der Waals surface area contributed by atoms with Crippen LogP contribution in [-0.4, -0.2) is 69.5 Å². The number of amides is 1. The van der Waals surface area contributed by atoms with Crippen molar-refractivity contribution < 1.29 is 13.2 Å². The molecule has 6 nitrogen and oxygen atoms in total. The van der Waals surface area contributed by atoms with Gasteiger partial charge < -0.3 is 10.6 Å². The average Bonchev–Trinajstić information content (AvgIpc) is 2.38. The first-order chi connectivity index (χ1) is 8.53. The Morgan fingerprint density at radius 3 is 2.61 bits per heavy atom. The Kier molecular flexibility index (Phi) is 4.24. The average molecular weight is 275 g/mol. The number of rotatable bonds is 2. The summed E-state index contributed by atoms with van der Waals surface area (Å²) in [6.45, 7) is 2.31. The van der Waals surface area contributed by atoms with Crippen LogP contribution in [0.15, 0.2) is 0 Å². The van der Waals surface area contributed by atoms with Gasteiger partial charge in [-0.15, -0.1) is 0 Å². The van der Waals surface area contributed by atoms with Crippen LogP contribution in [-0.2, 0) is 14.6 Å². The van der Waals surface area contributed by atoms with Crippen LogP contribution in [0.1, 0.15) is 12.8 Å². The zero-order valence-electron chi connectivity index (χ0n) is 10.7. The highest BCUT2D eigenvalue weighted by Gasteiger charge is 2.35. The first-order valence-corrected chi connectivity index (χ1v) is 8.24. The van der Waals surface area contributed by atoms with Gasteiger partial charge in [0.05, 0.1) is 11.5 Å². The molecule has 2 rings (SSSR count). The fourth-order valence-corrected chi connectivity index (χ4v) is 4.24. The smallest absolute Gasteiger partial charge is 0.238 e. The largest absolute Gasteiger partial charge is 0.358 e. The second-order valence-corrected chi connectivity index (χ2v) is 7.26. The molecule has 2 aliphatic rings. The van der Waals surface area contributed by atoms with Gasteiger partial charge in [-0.1, -0.05) is 0 Å². The van der Waals surface area contributed by atoms with Gasteiger partial charge in [0.1, 0.15) is 15.9 Å². The predicted octanol–water partition coefficient (Wildman–Crippen LogP) is -1.42. The van der Waals surface area contributed by atoms with Gasteiger partial charge in [0.2, 0.25) is 5.91 Å². The Morgan fingerprint density at radius 1 is 1.33 bits per heavy atom. The van der Waals surface area contributed by atoms with Crippen molar-refractivity contribution in [2.24, 2.45) is 0 Å². The summed E-state index contributed by atoms with van der Waals surface area (Å²) in [5.41, 5.74) is 0. The second kappa shape index (κ2) is 5.54. The van der Waals surface area contributed by atoms with Gasteiger partial charge in [0.15, 0.2) is 0 Å². The minimum Gasteiger partial charge on any atom is -0.358 e. The Labute approximate surface area is 108 Å². The van der Waals surface area contributed by atoms with E-state index in [-0.39, 0.29) is 29.5 Å². The molecule has 0 aromatic heterocycles. The van der Waals surface area contributed by atoms with E-state index in [0.717, 1.165) is 13.1 Å². The molecule has 2 fully saturated rings. The highest BCUT2D eigenvalue weighted by Crippen LogP contribution is 2.21. The summed E-state index contributed by atoms with van der Waals surface area (Å²) < 4.78 is 22.9. The first-order valence-electron chi connectivity index (χ1n) is 6.42. The monoisotopic (exact) mass is 275 g/mol. The zero-order valence-corrected chi connectivity index (χ0v) is 11.5. The van der Waals surface area contributed by atoms with Gasteiger partial charge >= 0.3 is 0 Å². The normalized spacial score (nSPS) is 29.9. The number of likely N-dealkylation sites (N-methyl/N-ethyl adjacent to an activating group) is 1. The van der Waals surface area contributed by atoms with Crippen LogP contribution in [0.3, 0.4) is 0 Å². The molecular weight excluding hydrogens is 254 g/mol. The van der Waals surface area contributed by atoms with E-state index in [0.29, 0.717) is 19.4 Å². The molecule has 0 spiro atoms. The Hall–Kier alpha value is -0.660. The molecule has 2 N–H and O–H groups in total. The number of sulfone groups is 1. The maximum absolute atomic E-state index is 11.8. The van der Waals surface area contributed by atoms with Gasteiger partial charge in [0, 0.05) is 32.7 Å². The quantitative estimate of drug-likeness (QED) is 0.647. The van der Waals surface area contributed by atoms with E-state index in [1.54, 1.807) is 7.05 Å². The highest BCUT2D eigenvalue weighted by molar-refractivity contribution is 7.91. The van der Waals surface area contributed by atoms with E-state index in [1.165, 1.54) is 0 Å². The number of nitrogens with zero attached hydrogens (tertiary/aromatic N) is 1. The van der Waals surface area contributed by atoms with Crippen LogP contribution in [0.5, 0.6) is 0 Å². The van der Waals surface area contributed by atoms with Gasteiger partial charge in [-0.2, -0.15) is 0 Å². The zero-order chi connectivity index (χ0) is 13.2. The van der Waals surface area contributed by atoms with Gasteiger partial charge in [-0.3, -0.25) is 9.69 Å². The highest BCUT2D eigenvalue weighted by atomic mass is 32.2. The van der Waals surface area contributed by atoms with Crippen molar-refractivity contribution >= 4 is 15.7 Å². The molecule has 1 atom stereocenters. The van der Waals surface area contributed by atoms with Gasteiger partial charge in [0.25, 0.3) is 0 Å². The SMILES string of the molecule is CNC(=O)C1CNCCN1C1CCS(=O)(=O)CC1. The summed E-state index contributed by atoms with van der Waals surface area (Å²) >= 11 is 0. The lowest BCUT2D eigenvalue weighted by Crippen LogP contribution is -2.61. The second-order valence-electron chi connectivity index (χ2n) is 4.95. The van der Waals surface area contributed by atoms with Gasteiger partial charge in [-0.25, -0.2) is 8.42 Å². The van der Waals surface area contributed by atoms with Crippen LogP contribution < -0.4 is 10.6 Å². The third-order valence-corrected chi connectivity index (χ3v) is 5.54. The minimum atomic E-state index is -2.84. The fraction of sp³-hybridized carbons (Fsp3) is 0.909. The minimum absolute atomic E-state index is 0.00984. The molecule has 104 valence electrons. The van der Waals surface area contributed by atoms with Crippen molar-refractivity contribution in [3.05, 3.63) is 0 Å². The lowest BCUT2D eigenvalue weighted by molar-refractivity contribution is -0.127. The summed E-state index contributed by atoms with van der Waals surface area (Å²) in [6, 6.07) is 0.0486. The maximum Gasteiger partial charge on any atom is 0.238 e. The lowest BCUT2D eigenvalue weighted by atomic mass is 10.0. The van der Waals surface area contributed by atoms with Crippen LogP contribution in [0.4, 0.5) is 0 Å². The Morgan fingerprint density at radius 2 is 2.00 bits per heavy atom. The molecule has 0 aromatic carbocycles. The van der Waals surface area contributed by atoms with Crippen molar-refractivity contribution in [1.29, 1.82) is 0 Å². The number of carbonyl (C=O) groups excluding carboxylic acids is 1. The first kappa shape index (κ1) is 13.8. The van der Waals surface area contributed by atoms with E-state index >= 15 is 0 Å². The number of hydrogen-bond donors (Lipinski definition) is 2. The summed E-state index contributed by atoms with van der Waals surface area (Å²) in [5.74, 6) is 0.514. The van der Waals surface area contributed by atoms with Crippen molar-refractivity contribution in [1.82, 2.24) is 15.5 Å². The molecule has 1 unspecified atom stereocenters. The summed E-state index contributed by atoms with van der Waals surface area (Å²) in [6.07, 6.45) is 1.30. The number of carbonyl (C=O) groups is 1. The van der Waals surface area contributed by atoms with E-state index < -0.39 is 9.84 Å². The topological polar surface area (TPSA) is 78.5 Å². The standard InChI is InChI=1S/C11H21N3O3S/c1-12-11(15)10-8-13-4-5-14(10)9-2-6-18(16,17)7-3-9/h9-10,13H,2-8H2,1H3,(H,12,15). The van der Waals surface area contributed by atoms with E-state index in [1.807, 2.05) is 0 Å². The molecule has 0 radical (unpaired) electrons. The molecule has 0 saturated carbocycles. The van der Waals surface area contributed by atoms with Crippen LogP contribution in [0.2, 0.25) is 0 Å². The number of piperazine rings is 1. The van der Waals surface area contributed by atoms with Crippen molar-refractivity contribution in [2.75, 3.05) is 38.2 Å². The van der Waals surface area contributed by atoms with E-state index in [2.05, 4.69) is 15.5 Å². The molecule has 2 heterocycles. The molecule has 1 amide bonds. The summed E-state index contributed by atoms with van der Waals surface area (Å²) in [4.78, 5) is 14.0. The molecule has 0 bridgehead atoms. The molecular formula is C11H21N3O3S. The molecule has 2 saturated heterocycles. The van der Waals surface area contributed by atoms with Crippen molar-refractivity contribution in [3.8, 4) is 0 Å². The molecule has 0 aromatic rings. The van der Waals surface area contributed by atoms with Crippen molar-refractivity contribution in [3.63, 3.8) is 0 Å². The van der Waals surface area contributed by atoms with E-state index in [4.69, 9.17) is 0 Å². The molecule has 2 aliphatic heterocycles. The third kappa shape index (κ3) is 3.02. The van der Waals surface area contributed by atoms with E-state index in [9.17, 15) is 13.2 Å². The van der Waals surface area contributed by atoms with Crippen LogP contribution >= 0.6 is 0 Å². The fourth-order valence-electron chi connectivity index (χ4n) is 2.78. The molecule has 7 heteroatoms. The summed E-state index contributed by atoms with van der Waals surface area (Å²) in [7, 11) is -1.20. The predicted molar refractivity (Wildman–Crippen MR) is 69.1 cm³/mol. The Bertz CT molecular complexity index is 396. The van der Waals surface area contributed by atoms with Crippen molar-refractivity contribution in [2.45, 2.75) is 24.9 Å². The van der Waals surface area contributed by atoms with Crippen LogP contribution in [0, 0.1) is 0 Å². The van der Waals surface area contributed by atoms with Gasteiger partial charge in [-0.05, 0) is 12.8 Å². The molecule has 18 heavy (non-hydrogen) atoms. The maximum atomic E-state index is 11.8.